The maximum atomic E-state index is 13.2. The van der Waals surface area contributed by atoms with Gasteiger partial charge in [-0.2, -0.15) is 4.98 Å². The number of rotatable bonds is 1. The number of piperidine rings is 1. The van der Waals surface area contributed by atoms with Gasteiger partial charge in [-0.3, -0.25) is 0 Å². The topological polar surface area (TPSA) is 29.3 Å². The van der Waals surface area contributed by atoms with Gasteiger partial charge in [0.15, 0.2) is 5.58 Å². The molecule has 2 fully saturated rings. The number of hydrogen-bond acceptors (Lipinski definition) is 3. The van der Waals surface area contributed by atoms with E-state index in [9.17, 15) is 4.39 Å². The van der Waals surface area contributed by atoms with E-state index in [1.165, 1.54) is 44.2 Å². The molecule has 2 unspecified atom stereocenters. The zero-order chi connectivity index (χ0) is 12.8. The van der Waals surface area contributed by atoms with E-state index in [-0.39, 0.29) is 5.82 Å². The molecule has 4 rings (SSSR count). The SMILES string of the molecule is Fc1ccc2oc(N3CCCC4CCCC43)nc2c1. The van der Waals surface area contributed by atoms with Crippen molar-refractivity contribution in [2.75, 3.05) is 11.4 Å². The minimum atomic E-state index is -0.260. The Morgan fingerprint density at radius 2 is 2.11 bits per heavy atom. The smallest absolute Gasteiger partial charge is 0.298 e. The van der Waals surface area contributed by atoms with Crippen LogP contribution >= 0.6 is 0 Å². The highest BCUT2D eigenvalue weighted by molar-refractivity contribution is 5.74. The van der Waals surface area contributed by atoms with Crippen LogP contribution in [0.5, 0.6) is 0 Å². The Kier molecular flexibility index (Phi) is 2.50. The van der Waals surface area contributed by atoms with E-state index in [0.717, 1.165) is 12.5 Å². The van der Waals surface area contributed by atoms with Gasteiger partial charge in [0.25, 0.3) is 6.01 Å². The van der Waals surface area contributed by atoms with Crippen LogP contribution in [0.15, 0.2) is 22.6 Å². The van der Waals surface area contributed by atoms with Gasteiger partial charge in [-0.1, -0.05) is 6.42 Å². The van der Waals surface area contributed by atoms with Crippen LogP contribution in [0, 0.1) is 11.7 Å². The quantitative estimate of drug-likeness (QED) is 0.782. The summed E-state index contributed by atoms with van der Waals surface area (Å²) in [5.74, 6) is 0.533. The van der Waals surface area contributed by atoms with Crippen LogP contribution in [0.2, 0.25) is 0 Å². The predicted octanol–water partition coefficient (Wildman–Crippen LogP) is 3.74. The maximum absolute atomic E-state index is 13.2. The van der Waals surface area contributed by atoms with E-state index in [0.29, 0.717) is 23.2 Å². The Labute approximate surface area is 111 Å². The third kappa shape index (κ3) is 1.81. The summed E-state index contributed by atoms with van der Waals surface area (Å²) in [6.45, 7) is 1.01. The molecular formula is C15H17FN2O. The first-order valence-corrected chi connectivity index (χ1v) is 7.14. The fourth-order valence-corrected chi connectivity index (χ4v) is 3.70. The summed E-state index contributed by atoms with van der Waals surface area (Å²) in [6.07, 6.45) is 6.40. The molecule has 1 aliphatic carbocycles. The number of oxazole rings is 1. The molecule has 0 amide bonds. The second-order valence-electron chi connectivity index (χ2n) is 5.70. The zero-order valence-electron chi connectivity index (χ0n) is 10.8. The molecule has 2 atom stereocenters. The minimum Gasteiger partial charge on any atom is -0.423 e. The van der Waals surface area contributed by atoms with Crippen molar-refractivity contribution in [3.8, 4) is 0 Å². The van der Waals surface area contributed by atoms with E-state index < -0.39 is 0 Å². The molecule has 0 N–H and O–H groups in total. The lowest BCUT2D eigenvalue weighted by atomic mass is 9.92. The fraction of sp³-hybridized carbons (Fsp3) is 0.533. The molecule has 1 aromatic heterocycles. The van der Waals surface area contributed by atoms with Gasteiger partial charge in [0, 0.05) is 18.7 Å². The highest BCUT2D eigenvalue weighted by Gasteiger charge is 2.36. The third-order valence-corrected chi connectivity index (χ3v) is 4.58. The second kappa shape index (κ2) is 4.22. The van der Waals surface area contributed by atoms with Crippen LogP contribution in [0.3, 0.4) is 0 Å². The van der Waals surface area contributed by atoms with Gasteiger partial charge < -0.3 is 9.32 Å². The molecule has 0 bridgehead atoms. The van der Waals surface area contributed by atoms with Crippen LogP contribution in [-0.2, 0) is 0 Å². The fourth-order valence-electron chi connectivity index (χ4n) is 3.70. The van der Waals surface area contributed by atoms with Gasteiger partial charge in [-0.05, 0) is 43.7 Å². The van der Waals surface area contributed by atoms with Crippen LogP contribution in [0.4, 0.5) is 10.4 Å². The van der Waals surface area contributed by atoms with Crippen molar-refractivity contribution in [3.63, 3.8) is 0 Å². The van der Waals surface area contributed by atoms with E-state index in [4.69, 9.17) is 4.42 Å². The second-order valence-corrected chi connectivity index (χ2v) is 5.70. The van der Waals surface area contributed by atoms with Crippen LogP contribution in [0.1, 0.15) is 32.1 Å². The molecule has 2 aliphatic rings. The average Bonchev–Trinajstić information content (AvgIpc) is 3.03. The van der Waals surface area contributed by atoms with Crippen LogP contribution in [0.25, 0.3) is 11.1 Å². The van der Waals surface area contributed by atoms with E-state index >= 15 is 0 Å². The summed E-state index contributed by atoms with van der Waals surface area (Å²) in [7, 11) is 0. The molecule has 100 valence electrons. The number of fused-ring (bicyclic) bond motifs is 2. The van der Waals surface area contributed by atoms with Gasteiger partial charge in [0.2, 0.25) is 0 Å². The van der Waals surface area contributed by atoms with Gasteiger partial charge in [0.1, 0.15) is 11.3 Å². The molecule has 1 saturated heterocycles. The van der Waals surface area contributed by atoms with Gasteiger partial charge in [-0.15, -0.1) is 0 Å². The Morgan fingerprint density at radius 1 is 1.21 bits per heavy atom. The summed E-state index contributed by atoms with van der Waals surface area (Å²) in [5, 5.41) is 0. The predicted molar refractivity (Wildman–Crippen MR) is 71.7 cm³/mol. The molecule has 0 radical (unpaired) electrons. The molecule has 4 heteroatoms. The van der Waals surface area contributed by atoms with Crippen molar-refractivity contribution in [1.82, 2.24) is 4.98 Å². The summed E-state index contributed by atoms with van der Waals surface area (Å²) in [4.78, 5) is 6.78. The molecule has 3 nitrogen and oxygen atoms in total. The molecule has 1 aromatic carbocycles. The molecular weight excluding hydrogens is 243 g/mol. The van der Waals surface area contributed by atoms with Gasteiger partial charge in [-0.25, -0.2) is 4.39 Å². The largest absolute Gasteiger partial charge is 0.423 e. The van der Waals surface area contributed by atoms with Crippen LogP contribution in [-0.4, -0.2) is 17.6 Å². The average molecular weight is 260 g/mol. The lowest BCUT2D eigenvalue weighted by molar-refractivity contribution is 0.345. The maximum Gasteiger partial charge on any atom is 0.298 e. The summed E-state index contributed by atoms with van der Waals surface area (Å²) < 4.78 is 19.0. The monoisotopic (exact) mass is 260 g/mol. The summed E-state index contributed by atoms with van der Waals surface area (Å²) in [6, 6.07) is 5.78. The van der Waals surface area contributed by atoms with Crippen molar-refractivity contribution in [2.45, 2.75) is 38.1 Å². The molecule has 19 heavy (non-hydrogen) atoms. The van der Waals surface area contributed by atoms with Crippen molar-refractivity contribution >= 4 is 17.1 Å². The highest BCUT2D eigenvalue weighted by atomic mass is 19.1. The van der Waals surface area contributed by atoms with Gasteiger partial charge >= 0.3 is 0 Å². The van der Waals surface area contributed by atoms with Crippen molar-refractivity contribution in [1.29, 1.82) is 0 Å². The number of nitrogens with zero attached hydrogens (tertiary/aromatic N) is 2. The molecule has 2 aromatic rings. The minimum absolute atomic E-state index is 0.260. The Hall–Kier alpha value is -1.58. The van der Waals surface area contributed by atoms with E-state index in [2.05, 4.69) is 9.88 Å². The number of anilines is 1. The molecule has 0 spiro atoms. The number of halogens is 1. The number of aromatic nitrogens is 1. The highest BCUT2D eigenvalue weighted by Crippen LogP contribution is 2.39. The Morgan fingerprint density at radius 3 is 3.05 bits per heavy atom. The standard InChI is InChI=1S/C15H17FN2O/c16-11-6-7-14-12(9-11)17-15(19-14)18-8-2-4-10-3-1-5-13(10)18/h6-7,9-10,13H,1-5,8H2. The van der Waals surface area contributed by atoms with Crippen molar-refractivity contribution < 1.29 is 8.81 Å². The van der Waals surface area contributed by atoms with Gasteiger partial charge in [0.05, 0.1) is 0 Å². The van der Waals surface area contributed by atoms with Crippen LogP contribution < -0.4 is 4.90 Å². The first-order valence-electron chi connectivity index (χ1n) is 7.14. The molecule has 1 saturated carbocycles. The first-order chi connectivity index (χ1) is 9.31. The van der Waals surface area contributed by atoms with E-state index in [1.54, 1.807) is 6.07 Å². The molecule has 1 aliphatic heterocycles. The summed E-state index contributed by atoms with van der Waals surface area (Å²) in [5.41, 5.74) is 1.30. The Bertz CT molecular complexity index is 609. The van der Waals surface area contributed by atoms with Crippen molar-refractivity contribution in [3.05, 3.63) is 24.0 Å². The number of hydrogen-bond donors (Lipinski definition) is 0. The zero-order valence-corrected chi connectivity index (χ0v) is 10.8. The lowest BCUT2D eigenvalue weighted by Crippen LogP contribution is -2.42. The normalized spacial score (nSPS) is 26.9. The lowest BCUT2D eigenvalue weighted by Gasteiger charge is -2.36. The van der Waals surface area contributed by atoms with E-state index in [1.807, 2.05) is 0 Å². The number of benzene rings is 1. The Balaban J connectivity index is 1.72. The van der Waals surface area contributed by atoms with Crippen molar-refractivity contribution in [2.24, 2.45) is 5.92 Å². The third-order valence-electron chi connectivity index (χ3n) is 4.58. The summed E-state index contributed by atoms with van der Waals surface area (Å²) >= 11 is 0. The first kappa shape index (κ1) is 11.3. The molecule has 2 heterocycles.